The number of anilines is 1. The molecule has 1 aromatic carbocycles. The molecule has 1 N–H and O–H groups in total. The molecule has 1 heterocycles. The maximum absolute atomic E-state index is 13.6. The number of rotatable bonds is 1. The zero-order valence-electron chi connectivity index (χ0n) is 9.96. The first kappa shape index (κ1) is 13.0. The number of halogens is 2. The van der Waals surface area contributed by atoms with E-state index in [1.165, 1.54) is 11.0 Å². The molecule has 1 aliphatic rings. The normalized spacial score (nSPS) is 20.0. The van der Waals surface area contributed by atoms with Gasteiger partial charge in [0.15, 0.2) is 0 Å². The van der Waals surface area contributed by atoms with Crippen molar-refractivity contribution in [3.63, 3.8) is 0 Å². The van der Waals surface area contributed by atoms with Crippen LogP contribution in [-0.2, 0) is 9.59 Å². The van der Waals surface area contributed by atoms with Gasteiger partial charge in [-0.1, -0.05) is 0 Å². The smallest absolute Gasteiger partial charge is 0.249 e. The van der Waals surface area contributed by atoms with Crippen molar-refractivity contribution in [2.45, 2.75) is 19.9 Å². The third-order valence-corrected chi connectivity index (χ3v) is 3.45. The van der Waals surface area contributed by atoms with E-state index in [4.69, 9.17) is 0 Å². The van der Waals surface area contributed by atoms with Crippen LogP contribution in [0.1, 0.15) is 12.5 Å². The van der Waals surface area contributed by atoms with Gasteiger partial charge in [0.2, 0.25) is 11.8 Å². The molecule has 1 aromatic rings. The van der Waals surface area contributed by atoms with Gasteiger partial charge < -0.3 is 10.2 Å². The van der Waals surface area contributed by atoms with Crippen LogP contribution in [0.15, 0.2) is 16.6 Å². The van der Waals surface area contributed by atoms with Gasteiger partial charge in [0.25, 0.3) is 0 Å². The van der Waals surface area contributed by atoms with Crippen molar-refractivity contribution in [2.24, 2.45) is 0 Å². The van der Waals surface area contributed by atoms with Crippen molar-refractivity contribution in [1.82, 2.24) is 5.32 Å². The summed E-state index contributed by atoms with van der Waals surface area (Å²) in [5.41, 5.74) is 1.17. The molecule has 0 bridgehead atoms. The van der Waals surface area contributed by atoms with Crippen LogP contribution in [0.25, 0.3) is 0 Å². The number of benzene rings is 1. The zero-order chi connectivity index (χ0) is 13.4. The van der Waals surface area contributed by atoms with Crippen molar-refractivity contribution in [2.75, 3.05) is 11.4 Å². The quantitative estimate of drug-likeness (QED) is 0.858. The summed E-state index contributed by atoms with van der Waals surface area (Å²) in [5.74, 6) is -0.939. The number of carbonyl (C=O) groups excluding carboxylic acids is 2. The Hall–Kier alpha value is -1.43. The Morgan fingerprint density at radius 1 is 1.44 bits per heavy atom. The predicted molar refractivity (Wildman–Crippen MR) is 68.8 cm³/mol. The Morgan fingerprint density at radius 3 is 2.78 bits per heavy atom. The van der Waals surface area contributed by atoms with E-state index >= 15 is 0 Å². The second-order valence-electron chi connectivity index (χ2n) is 4.27. The SMILES string of the molecule is Cc1cc(Br)c(F)cc1N1CC(=O)NC(C)C1=O. The molecule has 6 heteroatoms. The molecule has 1 atom stereocenters. The molecule has 96 valence electrons. The second-order valence-corrected chi connectivity index (χ2v) is 5.12. The summed E-state index contributed by atoms with van der Waals surface area (Å²) >= 11 is 3.09. The number of aryl methyl sites for hydroxylation is 1. The van der Waals surface area contributed by atoms with Gasteiger partial charge in [0.05, 0.1) is 10.2 Å². The summed E-state index contributed by atoms with van der Waals surface area (Å²) in [6, 6.07) is 2.27. The van der Waals surface area contributed by atoms with Crippen LogP contribution in [0.3, 0.4) is 0 Å². The topological polar surface area (TPSA) is 49.4 Å². The summed E-state index contributed by atoms with van der Waals surface area (Å²) in [6.45, 7) is 3.30. The Bertz CT molecular complexity index is 533. The van der Waals surface area contributed by atoms with Crippen LogP contribution in [0, 0.1) is 12.7 Å². The highest BCUT2D eigenvalue weighted by Crippen LogP contribution is 2.28. The summed E-state index contributed by atoms with van der Waals surface area (Å²) in [7, 11) is 0. The minimum Gasteiger partial charge on any atom is -0.343 e. The first-order valence-corrected chi connectivity index (χ1v) is 6.26. The number of hydrogen-bond acceptors (Lipinski definition) is 2. The largest absolute Gasteiger partial charge is 0.343 e. The summed E-state index contributed by atoms with van der Waals surface area (Å²) in [5, 5.41) is 2.54. The standard InChI is InChI=1S/C12H12BrFN2O2/c1-6-3-8(13)9(14)4-10(6)16-5-11(17)15-7(2)12(16)18/h3-4,7H,5H2,1-2H3,(H,15,17). The van der Waals surface area contributed by atoms with E-state index < -0.39 is 11.9 Å². The van der Waals surface area contributed by atoms with Crippen molar-refractivity contribution < 1.29 is 14.0 Å². The van der Waals surface area contributed by atoms with Crippen molar-refractivity contribution >= 4 is 33.4 Å². The van der Waals surface area contributed by atoms with E-state index in [1.807, 2.05) is 0 Å². The average Bonchev–Trinajstić information content (AvgIpc) is 2.29. The summed E-state index contributed by atoms with van der Waals surface area (Å²) in [4.78, 5) is 24.8. The van der Waals surface area contributed by atoms with Crippen molar-refractivity contribution in [3.05, 3.63) is 28.0 Å². The van der Waals surface area contributed by atoms with E-state index in [0.717, 1.165) is 5.56 Å². The van der Waals surface area contributed by atoms with Crippen molar-refractivity contribution in [3.8, 4) is 0 Å². The van der Waals surface area contributed by atoms with Crippen LogP contribution in [0.2, 0.25) is 0 Å². The molecule has 2 rings (SSSR count). The molecule has 1 aliphatic heterocycles. The number of nitrogens with one attached hydrogen (secondary N) is 1. The number of piperazine rings is 1. The second kappa shape index (κ2) is 4.68. The first-order valence-electron chi connectivity index (χ1n) is 5.46. The first-order chi connectivity index (χ1) is 8.40. The lowest BCUT2D eigenvalue weighted by Gasteiger charge is -2.31. The Morgan fingerprint density at radius 2 is 2.11 bits per heavy atom. The minimum absolute atomic E-state index is 0.0783. The monoisotopic (exact) mass is 314 g/mol. The van der Waals surface area contributed by atoms with Gasteiger partial charge in [0.1, 0.15) is 18.4 Å². The van der Waals surface area contributed by atoms with Crippen LogP contribution in [0.4, 0.5) is 10.1 Å². The van der Waals surface area contributed by atoms with Crippen LogP contribution in [-0.4, -0.2) is 24.4 Å². The van der Waals surface area contributed by atoms with Crippen LogP contribution in [0.5, 0.6) is 0 Å². The highest BCUT2D eigenvalue weighted by Gasteiger charge is 2.31. The van der Waals surface area contributed by atoms with Gasteiger partial charge in [-0.3, -0.25) is 9.59 Å². The molecule has 18 heavy (non-hydrogen) atoms. The fourth-order valence-electron chi connectivity index (χ4n) is 1.93. The predicted octanol–water partition coefficient (Wildman–Crippen LogP) is 1.75. The maximum Gasteiger partial charge on any atom is 0.249 e. The Kier molecular flexibility index (Phi) is 3.38. The molecule has 1 saturated heterocycles. The van der Waals surface area contributed by atoms with E-state index in [0.29, 0.717) is 10.2 Å². The molecule has 2 amide bonds. The molecule has 0 aromatic heterocycles. The van der Waals surface area contributed by atoms with E-state index in [1.54, 1.807) is 19.9 Å². The third kappa shape index (κ3) is 2.25. The highest BCUT2D eigenvalue weighted by atomic mass is 79.9. The van der Waals surface area contributed by atoms with Gasteiger partial charge in [-0.05, 0) is 47.5 Å². The highest BCUT2D eigenvalue weighted by molar-refractivity contribution is 9.10. The number of carbonyl (C=O) groups is 2. The molecule has 0 aliphatic carbocycles. The lowest BCUT2D eigenvalue weighted by Crippen LogP contribution is -2.57. The molecule has 0 saturated carbocycles. The molecular formula is C12H12BrFN2O2. The Balaban J connectivity index is 2.44. The van der Waals surface area contributed by atoms with Gasteiger partial charge >= 0.3 is 0 Å². The fourth-order valence-corrected chi connectivity index (χ4v) is 2.39. The fraction of sp³-hybridized carbons (Fsp3) is 0.333. The Labute approximate surface area is 112 Å². The minimum atomic E-state index is -0.586. The van der Waals surface area contributed by atoms with E-state index in [9.17, 15) is 14.0 Å². The van der Waals surface area contributed by atoms with Crippen LogP contribution >= 0.6 is 15.9 Å². The van der Waals surface area contributed by atoms with Gasteiger partial charge in [-0.25, -0.2) is 4.39 Å². The number of nitrogens with zero attached hydrogens (tertiary/aromatic N) is 1. The molecule has 1 unspecified atom stereocenters. The van der Waals surface area contributed by atoms with E-state index in [2.05, 4.69) is 21.2 Å². The molecule has 1 fully saturated rings. The third-order valence-electron chi connectivity index (χ3n) is 2.85. The molecular weight excluding hydrogens is 303 g/mol. The maximum atomic E-state index is 13.6. The molecule has 0 spiro atoms. The summed E-state index contributed by atoms with van der Waals surface area (Å²) in [6.07, 6.45) is 0. The number of amides is 2. The van der Waals surface area contributed by atoms with Gasteiger partial charge in [-0.15, -0.1) is 0 Å². The van der Waals surface area contributed by atoms with E-state index in [-0.39, 0.29) is 18.4 Å². The lowest BCUT2D eigenvalue weighted by molar-refractivity contribution is -0.130. The average molecular weight is 315 g/mol. The lowest BCUT2D eigenvalue weighted by atomic mass is 10.1. The molecule has 4 nitrogen and oxygen atoms in total. The van der Waals surface area contributed by atoms with Crippen molar-refractivity contribution in [1.29, 1.82) is 0 Å². The summed E-state index contributed by atoms with van der Waals surface area (Å²) < 4.78 is 13.9. The van der Waals surface area contributed by atoms with Gasteiger partial charge in [-0.2, -0.15) is 0 Å². The molecule has 0 radical (unpaired) electrons. The zero-order valence-corrected chi connectivity index (χ0v) is 11.5. The van der Waals surface area contributed by atoms with Crippen LogP contribution < -0.4 is 10.2 Å². The number of hydrogen-bond donors (Lipinski definition) is 1. The van der Waals surface area contributed by atoms with Gasteiger partial charge in [0, 0.05) is 0 Å².